The number of benzene rings is 3. The van der Waals surface area contributed by atoms with Gasteiger partial charge in [0.05, 0.1) is 19.7 Å². The third kappa shape index (κ3) is 5.30. The first-order valence-electron chi connectivity index (χ1n) is 10.1. The van der Waals surface area contributed by atoms with Crippen molar-refractivity contribution >= 4 is 40.1 Å². The van der Waals surface area contributed by atoms with Gasteiger partial charge in [-0.15, -0.1) is 11.8 Å². The van der Waals surface area contributed by atoms with Crippen LogP contribution >= 0.6 is 11.8 Å². The second-order valence-corrected chi connectivity index (χ2v) is 7.85. The normalized spacial score (nSPS) is 10.5. The molecule has 0 fully saturated rings. The van der Waals surface area contributed by atoms with E-state index in [1.54, 1.807) is 68.6 Å². The minimum atomic E-state index is -0.318. The van der Waals surface area contributed by atoms with Gasteiger partial charge in [-0.25, -0.2) is 4.79 Å². The molecule has 0 unspecified atom stereocenters. The zero-order valence-electron chi connectivity index (χ0n) is 18.4. The van der Waals surface area contributed by atoms with Crippen LogP contribution in [0.4, 0.5) is 16.2 Å². The molecule has 0 aliphatic carbocycles. The summed E-state index contributed by atoms with van der Waals surface area (Å²) in [6.07, 6.45) is 3.68. The number of aromatic nitrogens is 1. The second kappa shape index (κ2) is 10.1. The first kappa shape index (κ1) is 22.3. The first-order valence-corrected chi connectivity index (χ1v) is 11.3. The number of thioether (sulfide) groups is 1. The van der Waals surface area contributed by atoms with E-state index in [0.29, 0.717) is 28.7 Å². The van der Waals surface area contributed by atoms with Crippen LogP contribution in [0.2, 0.25) is 0 Å². The highest BCUT2D eigenvalue weighted by Crippen LogP contribution is 2.37. The molecule has 0 atom stereocenters. The number of carbonyl (C=O) groups excluding carboxylic acids is 1. The highest BCUT2D eigenvalue weighted by molar-refractivity contribution is 7.98. The van der Waals surface area contributed by atoms with E-state index in [4.69, 9.17) is 14.2 Å². The molecule has 1 heterocycles. The molecular formula is C25H23N3O4S. The van der Waals surface area contributed by atoms with Crippen molar-refractivity contribution in [2.75, 3.05) is 31.1 Å². The minimum absolute atomic E-state index is 0.318. The van der Waals surface area contributed by atoms with Gasteiger partial charge < -0.3 is 24.8 Å². The molecule has 33 heavy (non-hydrogen) atoms. The predicted molar refractivity (Wildman–Crippen MR) is 132 cm³/mol. The molecule has 8 heteroatoms. The van der Waals surface area contributed by atoms with Crippen molar-refractivity contribution in [2.24, 2.45) is 0 Å². The Morgan fingerprint density at radius 3 is 2.03 bits per heavy atom. The predicted octanol–water partition coefficient (Wildman–Crippen LogP) is 6.41. The smallest absolute Gasteiger partial charge is 0.323 e. The van der Waals surface area contributed by atoms with Crippen LogP contribution in [-0.2, 0) is 0 Å². The monoisotopic (exact) mass is 461 g/mol. The number of amides is 2. The summed E-state index contributed by atoms with van der Waals surface area (Å²) in [7, 11) is 3.17. The molecule has 168 valence electrons. The topological polar surface area (TPSA) is 81.7 Å². The van der Waals surface area contributed by atoms with Crippen molar-refractivity contribution in [2.45, 2.75) is 4.90 Å². The molecule has 3 aromatic carbocycles. The SMILES string of the molecule is COc1cc2nccc(Oc3ccc(NC(=O)Nc4ccc(SC)cc4)cc3)c2cc1OC. The lowest BCUT2D eigenvalue weighted by molar-refractivity contribution is 0.262. The van der Waals surface area contributed by atoms with Gasteiger partial charge in [0, 0.05) is 33.9 Å². The van der Waals surface area contributed by atoms with E-state index in [2.05, 4.69) is 15.6 Å². The number of urea groups is 1. The molecule has 4 rings (SSSR count). The second-order valence-electron chi connectivity index (χ2n) is 6.97. The van der Waals surface area contributed by atoms with Crippen molar-refractivity contribution in [1.29, 1.82) is 0 Å². The number of hydrogen-bond acceptors (Lipinski definition) is 6. The zero-order chi connectivity index (χ0) is 23.2. The summed E-state index contributed by atoms with van der Waals surface area (Å²) in [6.45, 7) is 0. The van der Waals surface area contributed by atoms with E-state index in [-0.39, 0.29) is 6.03 Å². The summed E-state index contributed by atoms with van der Waals surface area (Å²) in [5.41, 5.74) is 2.10. The molecule has 0 aliphatic rings. The van der Waals surface area contributed by atoms with E-state index < -0.39 is 0 Å². The molecule has 1 aromatic heterocycles. The van der Waals surface area contributed by atoms with Crippen molar-refractivity contribution in [3.63, 3.8) is 0 Å². The molecule has 2 amide bonds. The average Bonchev–Trinajstić information content (AvgIpc) is 2.85. The number of hydrogen-bond donors (Lipinski definition) is 2. The lowest BCUT2D eigenvalue weighted by Gasteiger charge is -2.13. The summed E-state index contributed by atoms with van der Waals surface area (Å²) in [4.78, 5) is 17.8. The Bertz CT molecular complexity index is 1260. The number of rotatable bonds is 7. The van der Waals surface area contributed by atoms with Crippen molar-refractivity contribution in [1.82, 2.24) is 4.98 Å². The standard InChI is InChI=1S/C25H23N3O4S/c1-30-23-14-20-21(15-24(23)31-2)26-13-12-22(20)32-18-8-4-16(5-9-18)27-25(29)28-17-6-10-19(33-3)11-7-17/h4-15H,1-3H3,(H2,27,28,29). The Kier molecular flexibility index (Phi) is 6.85. The summed E-state index contributed by atoms with van der Waals surface area (Å²) >= 11 is 1.65. The fourth-order valence-corrected chi connectivity index (χ4v) is 3.65. The maximum absolute atomic E-state index is 12.3. The van der Waals surface area contributed by atoms with Crippen LogP contribution in [-0.4, -0.2) is 31.5 Å². The molecule has 0 saturated carbocycles. The molecule has 0 bridgehead atoms. The summed E-state index contributed by atoms with van der Waals surface area (Å²) in [5.74, 6) is 2.45. The Hall–Kier alpha value is -3.91. The van der Waals surface area contributed by atoms with Gasteiger partial charge >= 0.3 is 6.03 Å². The lowest BCUT2D eigenvalue weighted by Crippen LogP contribution is -2.19. The fraction of sp³-hybridized carbons (Fsp3) is 0.120. The molecule has 0 aliphatic heterocycles. The quantitative estimate of drug-likeness (QED) is 0.310. The van der Waals surface area contributed by atoms with Gasteiger partial charge in [0.25, 0.3) is 0 Å². The van der Waals surface area contributed by atoms with E-state index in [9.17, 15) is 4.79 Å². The maximum atomic E-state index is 12.3. The number of nitrogens with one attached hydrogen (secondary N) is 2. The van der Waals surface area contributed by atoms with E-state index in [0.717, 1.165) is 21.5 Å². The fourth-order valence-electron chi connectivity index (χ4n) is 3.24. The first-order chi connectivity index (χ1) is 16.1. The van der Waals surface area contributed by atoms with Crippen LogP contribution in [0.15, 0.2) is 77.8 Å². The van der Waals surface area contributed by atoms with Crippen LogP contribution in [0.3, 0.4) is 0 Å². The van der Waals surface area contributed by atoms with Crippen LogP contribution in [0.5, 0.6) is 23.0 Å². The molecule has 7 nitrogen and oxygen atoms in total. The average molecular weight is 462 g/mol. The van der Waals surface area contributed by atoms with E-state index in [1.165, 1.54) is 0 Å². The third-order valence-electron chi connectivity index (χ3n) is 4.89. The molecule has 0 radical (unpaired) electrons. The molecule has 0 saturated heterocycles. The largest absolute Gasteiger partial charge is 0.493 e. The number of fused-ring (bicyclic) bond motifs is 1. The van der Waals surface area contributed by atoms with Crippen molar-refractivity contribution in [3.8, 4) is 23.0 Å². The van der Waals surface area contributed by atoms with Crippen LogP contribution in [0.25, 0.3) is 10.9 Å². The molecular weight excluding hydrogens is 438 g/mol. The lowest BCUT2D eigenvalue weighted by atomic mass is 10.2. The summed E-state index contributed by atoms with van der Waals surface area (Å²) in [6, 6.07) is 19.9. The Labute approximate surface area is 196 Å². The van der Waals surface area contributed by atoms with Gasteiger partial charge in [-0.05, 0) is 66.9 Å². The zero-order valence-corrected chi connectivity index (χ0v) is 19.2. The highest BCUT2D eigenvalue weighted by Gasteiger charge is 2.11. The van der Waals surface area contributed by atoms with Gasteiger partial charge in [-0.1, -0.05) is 0 Å². The van der Waals surface area contributed by atoms with Crippen LogP contribution in [0, 0.1) is 0 Å². The van der Waals surface area contributed by atoms with Crippen LogP contribution < -0.4 is 24.8 Å². The summed E-state index contributed by atoms with van der Waals surface area (Å²) in [5, 5.41) is 6.43. The number of anilines is 2. The molecule has 4 aromatic rings. The van der Waals surface area contributed by atoms with Gasteiger partial charge in [-0.2, -0.15) is 0 Å². The van der Waals surface area contributed by atoms with Gasteiger partial charge in [-0.3, -0.25) is 4.98 Å². The van der Waals surface area contributed by atoms with E-state index >= 15 is 0 Å². The number of carbonyl (C=O) groups is 1. The van der Waals surface area contributed by atoms with Gasteiger partial charge in [0.2, 0.25) is 0 Å². The van der Waals surface area contributed by atoms with Gasteiger partial charge in [0.1, 0.15) is 11.5 Å². The minimum Gasteiger partial charge on any atom is -0.493 e. The Balaban J connectivity index is 1.45. The Morgan fingerprint density at radius 1 is 0.818 bits per heavy atom. The number of methoxy groups -OCH3 is 2. The van der Waals surface area contributed by atoms with E-state index in [1.807, 2.05) is 36.6 Å². The van der Waals surface area contributed by atoms with Crippen molar-refractivity contribution in [3.05, 3.63) is 72.9 Å². The van der Waals surface area contributed by atoms with Crippen molar-refractivity contribution < 1.29 is 19.0 Å². The summed E-state index contributed by atoms with van der Waals surface area (Å²) < 4.78 is 16.8. The highest BCUT2D eigenvalue weighted by atomic mass is 32.2. The number of ether oxygens (including phenoxy) is 3. The van der Waals surface area contributed by atoms with Crippen LogP contribution in [0.1, 0.15) is 0 Å². The number of pyridine rings is 1. The molecule has 0 spiro atoms. The van der Waals surface area contributed by atoms with Gasteiger partial charge in [0.15, 0.2) is 11.5 Å². The molecule has 2 N–H and O–H groups in total. The third-order valence-corrected chi connectivity index (χ3v) is 5.64. The Morgan fingerprint density at radius 2 is 1.42 bits per heavy atom. The number of nitrogens with zero attached hydrogens (tertiary/aromatic N) is 1. The maximum Gasteiger partial charge on any atom is 0.323 e.